The lowest BCUT2D eigenvalue weighted by Gasteiger charge is -2.09. The molecule has 0 radical (unpaired) electrons. The standard InChI is InChI=1S/C11H14N2O2/c1-15-11-9(12-6-7-13-11)10(14)8-4-2-3-5-8/h6-8H,2-5H2,1H3. The highest BCUT2D eigenvalue weighted by Gasteiger charge is 2.27. The summed E-state index contributed by atoms with van der Waals surface area (Å²) in [6.45, 7) is 0. The molecule has 1 heterocycles. The smallest absolute Gasteiger partial charge is 0.243 e. The van der Waals surface area contributed by atoms with Gasteiger partial charge < -0.3 is 4.74 Å². The van der Waals surface area contributed by atoms with Gasteiger partial charge in [-0.25, -0.2) is 9.97 Å². The molecule has 0 aliphatic heterocycles. The Morgan fingerprint density at radius 2 is 2.00 bits per heavy atom. The second kappa shape index (κ2) is 4.38. The normalized spacial score (nSPS) is 16.6. The molecule has 0 spiro atoms. The van der Waals surface area contributed by atoms with Gasteiger partial charge in [-0.15, -0.1) is 0 Å². The molecular weight excluding hydrogens is 192 g/mol. The first-order chi connectivity index (χ1) is 7.33. The van der Waals surface area contributed by atoms with Gasteiger partial charge >= 0.3 is 0 Å². The third-order valence-corrected chi connectivity index (χ3v) is 2.82. The van der Waals surface area contributed by atoms with Gasteiger partial charge in [0.2, 0.25) is 5.88 Å². The summed E-state index contributed by atoms with van der Waals surface area (Å²) >= 11 is 0. The molecule has 1 saturated carbocycles. The molecule has 0 bridgehead atoms. The molecule has 2 rings (SSSR count). The Kier molecular flexibility index (Phi) is 2.94. The molecule has 1 aromatic rings. The number of hydrogen-bond donors (Lipinski definition) is 0. The van der Waals surface area contributed by atoms with Crippen LogP contribution < -0.4 is 4.74 Å². The third-order valence-electron chi connectivity index (χ3n) is 2.82. The third kappa shape index (κ3) is 1.98. The average Bonchev–Trinajstić information content (AvgIpc) is 2.81. The van der Waals surface area contributed by atoms with E-state index in [-0.39, 0.29) is 11.7 Å². The zero-order valence-corrected chi connectivity index (χ0v) is 8.77. The summed E-state index contributed by atoms with van der Waals surface area (Å²) in [5, 5.41) is 0. The lowest BCUT2D eigenvalue weighted by atomic mass is 10.0. The first kappa shape index (κ1) is 10.1. The molecular formula is C11H14N2O2. The molecule has 0 atom stereocenters. The largest absolute Gasteiger partial charge is 0.479 e. The van der Waals surface area contributed by atoms with Crippen LogP contribution >= 0.6 is 0 Å². The number of nitrogens with zero attached hydrogens (tertiary/aromatic N) is 2. The van der Waals surface area contributed by atoms with Crippen LogP contribution in [0.4, 0.5) is 0 Å². The molecule has 0 saturated heterocycles. The van der Waals surface area contributed by atoms with Crippen molar-refractivity contribution in [1.29, 1.82) is 0 Å². The predicted octanol–water partition coefficient (Wildman–Crippen LogP) is 1.86. The van der Waals surface area contributed by atoms with Gasteiger partial charge in [-0.2, -0.15) is 0 Å². The fourth-order valence-corrected chi connectivity index (χ4v) is 2.03. The topological polar surface area (TPSA) is 52.1 Å². The lowest BCUT2D eigenvalue weighted by molar-refractivity contribution is 0.0913. The number of carbonyl (C=O) groups excluding carboxylic acids is 1. The van der Waals surface area contributed by atoms with E-state index >= 15 is 0 Å². The number of ether oxygens (including phenoxy) is 1. The van der Waals surface area contributed by atoms with Gasteiger partial charge in [0.25, 0.3) is 0 Å². The highest BCUT2D eigenvalue weighted by atomic mass is 16.5. The minimum absolute atomic E-state index is 0.0810. The van der Waals surface area contributed by atoms with E-state index in [1.54, 1.807) is 0 Å². The van der Waals surface area contributed by atoms with E-state index in [0.29, 0.717) is 11.6 Å². The zero-order valence-electron chi connectivity index (χ0n) is 8.77. The molecule has 1 fully saturated rings. The quantitative estimate of drug-likeness (QED) is 0.708. The number of aromatic nitrogens is 2. The van der Waals surface area contributed by atoms with Gasteiger partial charge in [-0.05, 0) is 12.8 Å². The molecule has 0 amide bonds. The summed E-state index contributed by atoms with van der Waals surface area (Å²) in [4.78, 5) is 20.1. The summed E-state index contributed by atoms with van der Waals surface area (Å²) in [6.07, 6.45) is 7.28. The second-order valence-electron chi connectivity index (χ2n) is 3.76. The molecule has 0 unspecified atom stereocenters. The Morgan fingerprint density at radius 3 is 2.67 bits per heavy atom. The van der Waals surface area contributed by atoms with E-state index < -0.39 is 0 Å². The summed E-state index contributed by atoms with van der Waals surface area (Å²) in [5.74, 6) is 0.544. The van der Waals surface area contributed by atoms with E-state index in [1.165, 1.54) is 19.5 Å². The van der Waals surface area contributed by atoms with Gasteiger partial charge in [0.05, 0.1) is 7.11 Å². The Labute approximate surface area is 88.7 Å². The summed E-state index contributed by atoms with van der Waals surface area (Å²) in [7, 11) is 1.51. The van der Waals surface area contributed by atoms with E-state index in [4.69, 9.17) is 4.74 Å². The summed E-state index contributed by atoms with van der Waals surface area (Å²) in [6, 6.07) is 0. The number of carbonyl (C=O) groups is 1. The minimum atomic E-state index is 0.0810. The molecule has 15 heavy (non-hydrogen) atoms. The SMILES string of the molecule is COc1nccnc1C(=O)C1CCCC1. The molecule has 4 nitrogen and oxygen atoms in total. The Morgan fingerprint density at radius 1 is 1.33 bits per heavy atom. The second-order valence-corrected chi connectivity index (χ2v) is 3.76. The van der Waals surface area contributed by atoms with E-state index in [2.05, 4.69) is 9.97 Å². The molecule has 0 aromatic carbocycles. The van der Waals surface area contributed by atoms with E-state index in [1.807, 2.05) is 0 Å². The minimum Gasteiger partial charge on any atom is -0.479 e. The monoisotopic (exact) mass is 206 g/mol. The first-order valence-electron chi connectivity index (χ1n) is 5.22. The average molecular weight is 206 g/mol. The van der Waals surface area contributed by atoms with Crippen LogP contribution in [-0.4, -0.2) is 22.9 Å². The number of hydrogen-bond acceptors (Lipinski definition) is 4. The van der Waals surface area contributed by atoms with Crippen LogP contribution in [0.3, 0.4) is 0 Å². The highest BCUT2D eigenvalue weighted by molar-refractivity contribution is 5.98. The van der Waals surface area contributed by atoms with Crippen LogP contribution in [0.5, 0.6) is 5.88 Å². The maximum absolute atomic E-state index is 12.0. The van der Waals surface area contributed by atoms with Gasteiger partial charge in [0.1, 0.15) is 0 Å². The first-order valence-corrected chi connectivity index (χ1v) is 5.22. The van der Waals surface area contributed by atoms with Crippen LogP contribution in [0.25, 0.3) is 0 Å². The van der Waals surface area contributed by atoms with Crippen LogP contribution in [0.2, 0.25) is 0 Å². The zero-order chi connectivity index (χ0) is 10.7. The molecule has 1 aliphatic carbocycles. The number of Topliss-reactive ketones (excluding diaryl/α,β-unsaturated/α-hetero) is 1. The van der Waals surface area contributed by atoms with Crippen LogP contribution in [0.1, 0.15) is 36.2 Å². The molecule has 1 aromatic heterocycles. The maximum atomic E-state index is 12.0. The highest BCUT2D eigenvalue weighted by Crippen LogP contribution is 2.29. The maximum Gasteiger partial charge on any atom is 0.243 e. The predicted molar refractivity (Wildman–Crippen MR) is 54.9 cm³/mol. The summed E-state index contributed by atoms with van der Waals surface area (Å²) in [5.41, 5.74) is 0.381. The lowest BCUT2D eigenvalue weighted by Crippen LogP contribution is -2.14. The number of rotatable bonds is 3. The number of ketones is 1. The van der Waals surface area contributed by atoms with Crippen molar-refractivity contribution in [2.75, 3.05) is 7.11 Å². The van der Waals surface area contributed by atoms with Crippen molar-refractivity contribution in [3.63, 3.8) is 0 Å². The van der Waals surface area contributed by atoms with Crippen molar-refractivity contribution in [1.82, 2.24) is 9.97 Å². The van der Waals surface area contributed by atoms with Crippen LogP contribution in [0.15, 0.2) is 12.4 Å². The van der Waals surface area contributed by atoms with Gasteiger partial charge in [0.15, 0.2) is 11.5 Å². The molecule has 0 N–H and O–H groups in total. The van der Waals surface area contributed by atoms with Crippen molar-refractivity contribution in [2.45, 2.75) is 25.7 Å². The summed E-state index contributed by atoms with van der Waals surface area (Å²) < 4.78 is 5.03. The van der Waals surface area contributed by atoms with Crippen molar-refractivity contribution < 1.29 is 9.53 Å². The molecule has 1 aliphatic rings. The van der Waals surface area contributed by atoms with Crippen molar-refractivity contribution in [3.05, 3.63) is 18.1 Å². The fourth-order valence-electron chi connectivity index (χ4n) is 2.03. The van der Waals surface area contributed by atoms with Crippen LogP contribution in [0, 0.1) is 5.92 Å². The molecule has 80 valence electrons. The van der Waals surface area contributed by atoms with Gasteiger partial charge in [-0.1, -0.05) is 12.8 Å². The van der Waals surface area contributed by atoms with E-state index in [0.717, 1.165) is 25.7 Å². The Bertz CT molecular complexity index is 359. The Balaban J connectivity index is 2.24. The van der Waals surface area contributed by atoms with Crippen molar-refractivity contribution in [3.8, 4) is 5.88 Å². The van der Waals surface area contributed by atoms with E-state index in [9.17, 15) is 4.79 Å². The van der Waals surface area contributed by atoms with Crippen molar-refractivity contribution >= 4 is 5.78 Å². The van der Waals surface area contributed by atoms with Gasteiger partial charge in [-0.3, -0.25) is 4.79 Å². The molecule has 4 heteroatoms. The number of methoxy groups -OCH3 is 1. The van der Waals surface area contributed by atoms with Crippen molar-refractivity contribution in [2.24, 2.45) is 5.92 Å². The van der Waals surface area contributed by atoms with Gasteiger partial charge in [0, 0.05) is 18.3 Å². The fraction of sp³-hybridized carbons (Fsp3) is 0.545. The van der Waals surface area contributed by atoms with Crippen LogP contribution in [-0.2, 0) is 0 Å². The Hall–Kier alpha value is -1.45.